The van der Waals surface area contributed by atoms with Crippen molar-refractivity contribution in [1.82, 2.24) is 0 Å². The molecule has 2 rings (SSSR count). The molecule has 0 bridgehead atoms. The van der Waals surface area contributed by atoms with Gasteiger partial charge in [0.15, 0.2) is 6.10 Å². The number of ether oxygens (including phenoxy) is 1. The Morgan fingerprint density at radius 2 is 1.71 bits per heavy atom. The zero-order valence-electron chi connectivity index (χ0n) is 13.0. The van der Waals surface area contributed by atoms with Gasteiger partial charge in [0.05, 0.1) is 15.0 Å². The number of rotatable bonds is 5. The summed E-state index contributed by atoms with van der Waals surface area (Å²) in [5, 5.41) is 10.9. The van der Waals surface area contributed by atoms with Crippen LogP contribution in [0.3, 0.4) is 0 Å². The molecule has 0 spiro atoms. The van der Waals surface area contributed by atoms with Crippen LogP contribution >= 0.6 is 15.9 Å². The number of halogens is 1. The van der Waals surface area contributed by atoms with Crippen LogP contribution in [0, 0.1) is 17.0 Å². The lowest BCUT2D eigenvalue weighted by Crippen LogP contribution is -2.24. The van der Waals surface area contributed by atoms with Crippen LogP contribution in [-0.4, -0.2) is 22.8 Å². The van der Waals surface area contributed by atoms with E-state index in [1.807, 2.05) is 6.92 Å². The van der Waals surface area contributed by atoms with Gasteiger partial charge in [0, 0.05) is 11.6 Å². The molecule has 0 aromatic heterocycles. The summed E-state index contributed by atoms with van der Waals surface area (Å²) in [7, 11) is 0. The van der Waals surface area contributed by atoms with Crippen LogP contribution in [0.25, 0.3) is 0 Å². The largest absolute Gasteiger partial charge is 0.451 e. The van der Waals surface area contributed by atoms with Crippen molar-refractivity contribution in [1.29, 1.82) is 0 Å². The molecule has 0 aliphatic rings. The van der Waals surface area contributed by atoms with Crippen molar-refractivity contribution in [2.45, 2.75) is 20.0 Å². The molecule has 6 nitrogen and oxygen atoms in total. The lowest BCUT2D eigenvalue weighted by Gasteiger charge is -2.12. The van der Waals surface area contributed by atoms with Gasteiger partial charge < -0.3 is 4.74 Å². The Hall–Kier alpha value is -2.54. The van der Waals surface area contributed by atoms with E-state index >= 15 is 0 Å². The number of nitro benzene ring substituents is 1. The van der Waals surface area contributed by atoms with Gasteiger partial charge in [-0.05, 0) is 41.9 Å². The van der Waals surface area contributed by atoms with Gasteiger partial charge in [0.1, 0.15) is 0 Å². The molecule has 0 unspecified atom stereocenters. The fourth-order valence-electron chi connectivity index (χ4n) is 2.01. The van der Waals surface area contributed by atoms with Crippen LogP contribution in [0.2, 0.25) is 0 Å². The number of aryl methyl sites for hydroxylation is 1. The highest BCUT2D eigenvalue weighted by Gasteiger charge is 2.22. The highest BCUT2D eigenvalue weighted by atomic mass is 79.9. The fraction of sp³-hybridized carbons (Fsp3) is 0.176. The van der Waals surface area contributed by atoms with Crippen molar-refractivity contribution < 1.29 is 19.2 Å². The van der Waals surface area contributed by atoms with Gasteiger partial charge >= 0.3 is 5.97 Å². The molecular weight excluding hydrogens is 378 g/mol. The Morgan fingerprint density at radius 3 is 2.29 bits per heavy atom. The molecule has 0 aliphatic carbocycles. The second-order valence-electron chi connectivity index (χ2n) is 5.20. The van der Waals surface area contributed by atoms with Crippen molar-refractivity contribution in [2.75, 3.05) is 0 Å². The van der Waals surface area contributed by atoms with Crippen LogP contribution in [0.5, 0.6) is 0 Å². The number of ketones is 1. The van der Waals surface area contributed by atoms with Gasteiger partial charge in [-0.3, -0.25) is 14.9 Å². The van der Waals surface area contributed by atoms with Gasteiger partial charge in [0.2, 0.25) is 5.78 Å². The number of Topliss-reactive ketones (excluding diaryl/α,β-unsaturated/α-hetero) is 1. The number of esters is 1. The minimum Gasteiger partial charge on any atom is -0.451 e. The SMILES string of the molecule is Cc1ccc(C(=O)[C@@H](C)OC(=O)c2ccc(Br)c([N+](=O)[O-])c2)cc1. The van der Waals surface area contributed by atoms with E-state index in [4.69, 9.17) is 4.74 Å². The van der Waals surface area contributed by atoms with Crippen molar-refractivity contribution >= 4 is 33.4 Å². The second kappa shape index (κ2) is 7.35. The number of carbonyl (C=O) groups excluding carboxylic acids is 2. The highest BCUT2D eigenvalue weighted by molar-refractivity contribution is 9.10. The summed E-state index contributed by atoms with van der Waals surface area (Å²) in [5.41, 5.74) is 1.21. The first-order valence-corrected chi connectivity index (χ1v) is 7.84. The molecule has 0 radical (unpaired) electrons. The molecule has 7 heteroatoms. The quantitative estimate of drug-likeness (QED) is 0.331. The first-order valence-electron chi connectivity index (χ1n) is 7.05. The summed E-state index contributed by atoms with van der Waals surface area (Å²) in [6.07, 6.45) is -0.997. The Labute approximate surface area is 146 Å². The van der Waals surface area contributed by atoms with Crippen LogP contribution in [0.1, 0.15) is 33.2 Å². The van der Waals surface area contributed by atoms with E-state index in [0.717, 1.165) is 11.6 Å². The van der Waals surface area contributed by atoms with Crippen molar-refractivity contribution in [3.63, 3.8) is 0 Å². The van der Waals surface area contributed by atoms with Crippen LogP contribution in [0.15, 0.2) is 46.9 Å². The summed E-state index contributed by atoms with van der Waals surface area (Å²) in [6.45, 7) is 3.37. The maximum atomic E-state index is 12.3. The smallest absolute Gasteiger partial charge is 0.339 e. The third kappa shape index (κ3) is 4.05. The summed E-state index contributed by atoms with van der Waals surface area (Å²) in [5.74, 6) is -1.13. The summed E-state index contributed by atoms with van der Waals surface area (Å²) in [6, 6.07) is 10.8. The monoisotopic (exact) mass is 391 g/mol. The normalized spacial score (nSPS) is 11.6. The van der Waals surface area contributed by atoms with Gasteiger partial charge in [-0.2, -0.15) is 0 Å². The van der Waals surface area contributed by atoms with Crippen molar-refractivity contribution in [3.05, 3.63) is 73.7 Å². The van der Waals surface area contributed by atoms with E-state index in [1.165, 1.54) is 19.1 Å². The minimum atomic E-state index is -0.997. The lowest BCUT2D eigenvalue weighted by molar-refractivity contribution is -0.385. The molecule has 0 fully saturated rings. The molecular formula is C17H14BrNO5. The predicted octanol–water partition coefficient (Wildman–Crippen LogP) is 4.09. The van der Waals surface area contributed by atoms with Crippen LogP contribution in [0.4, 0.5) is 5.69 Å². The molecule has 0 heterocycles. The Morgan fingerprint density at radius 1 is 1.12 bits per heavy atom. The second-order valence-corrected chi connectivity index (χ2v) is 6.06. The Bertz CT molecular complexity index is 801. The number of nitro groups is 1. The third-order valence-electron chi connectivity index (χ3n) is 3.37. The molecule has 0 aliphatic heterocycles. The zero-order valence-corrected chi connectivity index (χ0v) is 14.6. The van der Waals surface area contributed by atoms with E-state index in [9.17, 15) is 19.7 Å². The van der Waals surface area contributed by atoms with E-state index in [-0.39, 0.29) is 21.5 Å². The first kappa shape index (κ1) is 17.8. The number of hydrogen-bond acceptors (Lipinski definition) is 5. The van der Waals surface area contributed by atoms with E-state index in [1.54, 1.807) is 24.3 Å². The van der Waals surface area contributed by atoms with E-state index < -0.39 is 17.0 Å². The molecule has 24 heavy (non-hydrogen) atoms. The molecule has 1 atom stereocenters. The maximum absolute atomic E-state index is 12.3. The molecule has 0 saturated carbocycles. The summed E-state index contributed by atoms with van der Waals surface area (Å²) < 4.78 is 5.39. The number of carbonyl (C=O) groups is 2. The lowest BCUT2D eigenvalue weighted by atomic mass is 10.1. The highest BCUT2D eigenvalue weighted by Crippen LogP contribution is 2.26. The Kier molecular flexibility index (Phi) is 5.46. The van der Waals surface area contributed by atoms with Gasteiger partial charge in [0.25, 0.3) is 5.69 Å². The Balaban J connectivity index is 2.14. The fourth-order valence-corrected chi connectivity index (χ4v) is 2.41. The standard InChI is InChI=1S/C17H14BrNO5/c1-10-3-5-12(6-4-10)16(20)11(2)24-17(21)13-7-8-14(18)15(9-13)19(22)23/h3-9,11H,1-2H3/t11-/m1/s1. The molecule has 2 aromatic carbocycles. The van der Waals surface area contributed by atoms with Crippen LogP contribution in [-0.2, 0) is 4.74 Å². The molecule has 124 valence electrons. The first-order chi connectivity index (χ1) is 11.3. The summed E-state index contributed by atoms with van der Waals surface area (Å²) >= 11 is 3.04. The summed E-state index contributed by atoms with van der Waals surface area (Å²) in [4.78, 5) is 34.7. The number of nitrogens with zero attached hydrogens (tertiary/aromatic N) is 1. The third-order valence-corrected chi connectivity index (χ3v) is 4.04. The molecule has 0 saturated heterocycles. The van der Waals surface area contributed by atoms with Crippen molar-refractivity contribution in [3.8, 4) is 0 Å². The minimum absolute atomic E-state index is 0.00783. The topological polar surface area (TPSA) is 86.5 Å². The van der Waals surface area contributed by atoms with Gasteiger partial charge in [-0.1, -0.05) is 29.8 Å². The molecule has 0 N–H and O–H groups in total. The number of benzene rings is 2. The zero-order chi connectivity index (χ0) is 17.9. The van der Waals surface area contributed by atoms with Crippen LogP contribution < -0.4 is 0 Å². The predicted molar refractivity (Wildman–Crippen MR) is 91.2 cm³/mol. The average Bonchev–Trinajstić information content (AvgIpc) is 2.54. The molecule has 0 amide bonds. The van der Waals surface area contributed by atoms with Gasteiger partial charge in [-0.15, -0.1) is 0 Å². The van der Waals surface area contributed by atoms with E-state index in [2.05, 4.69) is 15.9 Å². The van der Waals surface area contributed by atoms with Gasteiger partial charge in [-0.25, -0.2) is 4.79 Å². The van der Waals surface area contributed by atoms with Crippen molar-refractivity contribution in [2.24, 2.45) is 0 Å². The average molecular weight is 392 g/mol. The molecule has 2 aromatic rings. The number of hydrogen-bond donors (Lipinski definition) is 0. The van der Waals surface area contributed by atoms with E-state index in [0.29, 0.717) is 5.56 Å². The maximum Gasteiger partial charge on any atom is 0.339 e.